The van der Waals surface area contributed by atoms with Crippen molar-refractivity contribution in [2.45, 2.75) is 31.8 Å². The zero-order valence-electron chi connectivity index (χ0n) is 11.3. The summed E-state index contributed by atoms with van der Waals surface area (Å²) in [6.07, 6.45) is 3.19. The van der Waals surface area contributed by atoms with Gasteiger partial charge in [-0.05, 0) is 19.4 Å². The largest absolute Gasteiger partial charge is 0.480 e. The molecule has 6 nitrogen and oxygen atoms in total. The molecule has 0 aromatic heterocycles. The quantitative estimate of drug-likeness (QED) is 0.463. The van der Waals surface area contributed by atoms with Crippen molar-refractivity contribution < 1.29 is 19.4 Å². The molecule has 0 aromatic carbocycles. The minimum atomic E-state index is -0.813. The molecule has 0 atom stereocenters. The number of nitrogens with zero attached hydrogens (tertiary/aromatic N) is 1. The Hall–Kier alpha value is -1.40. The molecule has 0 saturated heterocycles. The molecule has 0 aliphatic heterocycles. The summed E-state index contributed by atoms with van der Waals surface area (Å²) in [5.41, 5.74) is 0. The van der Waals surface area contributed by atoms with Crippen LogP contribution in [0.25, 0.3) is 0 Å². The molecule has 1 rings (SSSR count). The van der Waals surface area contributed by atoms with E-state index in [2.05, 4.69) is 11.9 Å². The molecule has 1 saturated carbocycles. The number of aliphatic carboxylic acids is 1. The minimum Gasteiger partial charge on any atom is -0.480 e. The van der Waals surface area contributed by atoms with Gasteiger partial charge in [-0.2, -0.15) is 0 Å². The van der Waals surface area contributed by atoms with Gasteiger partial charge in [-0.15, -0.1) is 6.58 Å². The molecule has 0 heterocycles. The van der Waals surface area contributed by atoms with Crippen LogP contribution in [0.1, 0.15) is 19.8 Å². The highest BCUT2D eigenvalue weighted by atomic mass is 16.5. The third kappa shape index (κ3) is 5.40. The standard InChI is InChI=1S/C13H22N2O4/c1-3-5-19-9-12(16)14-10-6-11(7-10)15(4-2)8-13(17)18/h3,10-11H,1,4-9H2,2H3,(H,14,16)(H,17,18). The maximum absolute atomic E-state index is 11.5. The first-order valence-corrected chi connectivity index (χ1v) is 6.50. The third-order valence-electron chi connectivity index (χ3n) is 3.21. The van der Waals surface area contributed by atoms with Crippen LogP contribution < -0.4 is 5.32 Å². The van der Waals surface area contributed by atoms with Crippen molar-refractivity contribution >= 4 is 11.9 Å². The number of ether oxygens (including phenoxy) is 1. The van der Waals surface area contributed by atoms with Gasteiger partial charge >= 0.3 is 5.97 Å². The van der Waals surface area contributed by atoms with E-state index in [-0.39, 0.29) is 31.1 Å². The predicted molar refractivity (Wildman–Crippen MR) is 70.9 cm³/mol. The highest BCUT2D eigenvalue weighted by Gasteiger charge is 2.34. The van der Waals surface area contributed by atoms with E-state index in [0.29, 0.717) is 13.2 Å². The Kier molecular flexibility index (Phi) is 6.52. The van der Waals surface area contributed by atoms with Gasteiger partial charge in [0.1, 0.15) is 6.61 Å². The maximum atomic E-state index is 11.5. The van der Waals surface area contributed by atoms with Crippen LogP contribution in [-0.2, 0) is 14.3 Å². The molecule has 0 bridgehead atoms. The van der Waals surface area contributed by atoms with Crippen LogP contribution in [0.5, 0.6) is 0 Å². The first kappa shape index (κ1) is 15.7. The fraction of sp³-hybridized carbons (Fsp3) is 0.692. The molecule has 19 heavy (non-hydrogen) atoms. The van der Waals surface area contributed by atoms with E-state index >= 15 is 0 Å². The van der Waals surface area contributed by atoms with E-state index < -0.39 is 5.97 Å². The lowest BCUT2D eigenvalue weighted by atomic mass is 9.85. The molecule has 1 fully saturated rings. The SMILES string of the molecule is C=CCOCC(=O)NC1CC(N(CC)CC(=O)O)C1. The molecule has 1 amide bonds. The molecule has 0 radical (unpaired) electrons. The normalized spacial score (nSPS) is 21.8. The lowest BCUT2D eigenvalue weighted by Gasteiger charge is -2.42. The monoisotopic (exact) mass is 270 g/mol. The molecular weight excluding hydrogens is 248 g/mol. The van der Waals surface area contributed by atoms with Crippen molar-refractivity contribution in [2.24, 2.45) is 0 Å². The molecular formula is C13H22N2O4. The van der Waals surface area contributed by atoms with Crippen LogP contribution in [0.15, 0.2) is 12.7 Å². The third-order valence-corrected chi connectivity index (χ3v) is 3.21. The number of likely N-dealkylation sites (N-methyl/N-ethyl adjacent to an activating group) is 1. The summed E-state index contributed by atoms with van der Waals surface area (Å²) in [5.74, 6) is -0.946. The molecule has 1 aliphatic carbocycles. The number of carbonyl (C=O) groups excluding carboxylic acids is 1. The van der Waals surface area contributed by atoms with E-state index in [4.69, 9.17) is 9.84 Å². The Bertz CT molecular complexity index is 327. The smallest absolute Gasteiger partial charge is 0.317 e. The first-order chi connectivity index (χ1) is 9.06. The summed E-state index contributed by atoms with van der Waals surface area (Å²) in [5, 5.41) is 11.6. The lowest BCUT2D eigenvalue weighted by Crippen LogP contribution is -2.55. The van der Waals surface area contributed by atoms with Gasteiger partial charge in [0.05, 0.1) is 13.2 Å². The fourth-order valence-corrected chi connectivity index (χ4v) is 2.18. The van der Waals surface area contributed by atoms with Gasteiger partial charge in [-0.25, -0.2) is 0 Å². The maximum Gasteiger partial charge on any atom is 0.317 e. The first-order valence-electron chi connectivity index (χ1n) is 6.50. The lowest BCUT2D eigenvalue weighted by molar-refractivity contribution is -0.140. The van der Waals surface area contributed by atoms with Crippen LogP contribution in [-0.4, -0.2) is 60.3 Å². The average Bonchev–Trinajstić information content (AvgIpc) is 2.31. The van der Waals surface area contributed by atoms with Crippen molar-refractivity contribution in [3.8, 4) is 0 Å². The molecule has 1 aliphatic rings. The Morgan fingerprint density at radius 2 is 2.21 bits per heavy atom. The number of rotatable bonds is 9. The van der Waals surface area contributed by atoms with E-state index in [1.807, 2.05) is 11.8 Å². The van der Waals surface area contributed by atoms with Crippen LogP contribution in [0.2, 0.25) is 0 Å². The summed E-state index contributed by atoms with van der Waals surface area (Å²) < 4.78 is 5.04. The van der Waals surface area contributed by atoms with E-state index in [1.54, 1.807) is 6.08 Å². The van der Waals surface area contributed by atoms with Crippen LogP contribution in [0.4, 0.5) is 0 Å². The summed E-state index contributed by atoms with van der Waals surface area (Å²) in [6, 6.07) is 0.383. The number of hydrogen-bond donors (Lipinski definition) is 2. The van der Waals surface area contributed by atoms with Crippen LogP contribution in [0, 0.1) is 0 Å². The minimum absolute atomic E-state index is 0.0415. The second kappa shape index (κ2) is 7.91. The van der Waals surface area contributed by atoms with Crippen molar-refractivity contribution in [2.75, 3.05) is 26.3 Å². The Labute approximate surface area is 113 Å². The molecule has 2 N–H and O–H groups in total. The van der Waals surface area contributed by atoms with E-state index in [0.717, 1.165) is 12.8 Å². The molecule has 0 unspecified atom stereocenters. The second-order valence-electron chi connectivity index (χ2n) is 4.65. The van der Waals surface area contributed by atoms with E-state index in [1.165, 1.54) is 0 Å². The number of carboxylic acids is 1. The number of carbonyl (C=O) groups is 2. The van der Waals surface area contributed by atoms with Gasteiger partial charge < -0.3 is 15.2 Å². The number of carboxylic acid groups (broad SMARTS) is 1. The second-order valence-corrected chi connectivity index (χ2v) is 4.65. The van der Waals surface area contributed by atoms with Crippen molar-refractivity contribution in [3.05, 3.63) is 12.7 Å². The van der Waals surface area contributed by atoms with Crippen LogP contribution >= 0.6 is 0 Å². The molecule has 0 aromatic rings. The summed E-state index contributed by atoms with van der Waals surface area (Å²) in [4.78, 5) is 24.1. The zero-order chi connectivity index (χ0) is 14.3. The van der Waals surface area contributed by atoms with Gasteiger partial charge in [0.25, 0.3) is 0 Å². The Morgan fingerprint density at radius 1 is 1.53 bits per heavy atom. The summed E-state index contributed by atoms with van der Waals surface area (Å²) in [7, 11) is 0. The Balaban J connectivity index is 2.19. The fourth-order valence-electron chi connectivity index (χ4n) is 2.18. The predicted octanol–water partition coefficient (Wildman–Crippen LogP) is 0.243. The van der Waals surface area contributed by atoms with Gasteiger partial charge in [0, 0.05) is 12.1 Å². The number of nitrogens with one attached hydrogen (secondary N) is 1. The summed E-state index contributed by atoms with van der Waals surface area (Å²) in [6.45, 7) is 6.61. The molecule has 108 valence electrons. The van der Waals surface area contributed by atoms with Gasteiger partial charge in [0.2, 0.25) is 5.91 Å². The molecule has 0 spiro atoms. The number of amides is 1. The number of hydrogen-bond acceptors (Lipinski definition) is 4. The van der Waals surface area contributed by atoms with Crippen molar-refractivity contribution in [3.63, 3.8) is 0 Å². The topological polar surface area (TPSA) is 78.9 Å². The van der Waals surface area contributed by atoms with Crippen molar-refractivity contribution in [1.29, 1.82) is 0 Å². The van der Waals surface area contributed by atoms with Crippen molar-refractivity contribution in [1.82, 2.24) is 10.2 Å². The van der Waals surface area contributed by atoms with Gasteiger partial charge in [-0.3, -0.25) is 14.5 Å². The average molecular weight is 270 g/mol. The Morgan fingerprint density at radius 3 is 2.74 bits per heavy atom. The van der Waals surface area contributed by atoms with E-state index in [9.17, 15) is 9.59 Å². The van der Waals surface area contributed by atoms with Gasteiger partial charge in [-0.1, -0.05) is 13.0 Å². The highest BCUT2D eigenvalue weighted by molar-refractivity contribution is 5.77. The molecule has 6 heteroatoms. The van der Waals surface area contributed by atoms with Gasteiger partial charge in [0.15, 0.2) is 0 Å². The highest BCUT2D eigenvalue weighted by Crippen LogP contribution is 2.25. The van der Waals surface area contributed by atoms with Crippen LogP contribution in [0.3, 0.4) is 0 Å². The summed E-state index contributed by atoms with van der Waals surface area (Å²) >= 11 is 0. The zero-order valence-corrected chi connectivity index (χ0v) is 11.3.